The fourth-order valence-electron chi connectivity index (χ4n) is 3.56. The molecule has 1 fully saturated rings. The Morgan fingerprint density at radius 3 is 2.50 bits per heavy atom. The number of para-hydroxylation sites is 1. The molecule has 0 amide bonds. The summed E-state index contributed by atoms with van der Waals surface area (Å²) in [7, 11) is 0. The fourth-order valence-corrected chi connectivity index (χ4v) is 3.56. The maximum absolute atomic E-state index is 12.5. The van der Waals surface area contributed by atoms with Gasteiger partial charge in [0.15, 0.2) is 0 Å². The van der Waals surface area contributed by atoms with Crippen molar-refractivity contribution in [2.45, 2.75) is 25.8 Å². The SMILES string of the molecule is CCOC(=O)[C@@H]1CN(CCc2ccccc2)CC[C@H]1Nc1ccccc1. The molecule has 4 nitrogen and oxygen atoms in total. The van der Waals surface area contributed by atoms with Gasteiger partial charge in [0.1, 0.15) is 0 Å². The zero-order valence-corrected chi connectivity index (χ0v) is 15.4. The van der Waals surface area contributed by atoms with Crippen LogP contribution in [-0.4, -0.2) is 43.2 Å². The molecule has 3 rings (SSSR count). The van der Waals surface area contributed by atoms with E-state index in [9.17, 15) is 4.79 Å². The smallest absolute Gasteiger partial charge is 0.312 e. The largest absolute Gasteiger partial charge is 0.466 e. The van der Waals surface area contributed by atoms with Gasteiger partial charge in [-0.05, 0) is 37.5 Å². The van der Waals surface area contributed by atoms with Gasteiger partial charge in [-0.1, -0.05) is 48.5 Å². The van der Waals surface area contributed by atoms with Gasteiger partial charge in [0.05, 0.1) is 12.5 Å². The van der Waals surface area contributed by atoms with E-state index >= 15 is 0 Å². The molecule has 0 radical (unpaired) electrons. The molecule has 0 unspecified atom stereocenters. The molecule has 26 heavy (non-hydrogen) atoms. The summed E-state index contributed by atoms with van der Waals surface area (Å²) >= 11 is 0. The standard InChI is InChI=1S/C22H28N2O2/c1-2-26-22(25)20-17-24(15-13-18-9-5-3-6-10-18)16-14-21(20)23-19-11-7-4-8-12-19/h3-12,20-21,23H,2,13-17H2,1H3/t20-,21-/m1/s1. The molecular formula is C22H28N2O2. The van der Waals surface area contributed by atoms with Crippen LogP contribution >= 0.6 is 0 Å². The van der Waals surface area contributed by atoms with Crippen LogP contribution in [0.15, 0.2) is 60.7 Å². The first-order valence-electron chi connectivity index (χ1n) is 9.50. The van der Waals surface area contributed by atoms with Crippen LogP contribution in [0, 0.1) is 5.92 Å². The number of hydrogen-bond acceptors (Lipinski definition) is 4. The van der Waals surface area contributed by atoms with E-state index in [1.54, 1.807) is 0 Å². The van der Waals surface area contributed by atoms with Crippen LogP contribution in [0.25, 0.3) is 0 Å². The molecule has 138 valence electrons. The number of hydrogen-bond donors (Lipinski definition) is 1. The Morgan fingerprint density at radius 2 is 1.81 bits per heavy atom. The van der Waals surface area contributed by atoms with Gasteiger partial charge in [-0.2, -0.15) is 0 Å². The first-order chi connectivity index (χ1) is 12.8. The first kappa shape index (κ1) is 18.5. The van der Waals surface area contributed by atoms with E-state index in [2.05, 4.69) is 34.5 Å². The molecule has 0 aromatic heterocycles. The van der Waals surface area contributed by atoms with Crippen molar-refractivity contribution < 1.29 is 9.53 Å². The Balaban J connectivity index is 1.62. The van der Waals surface area contributed by atoms with E-state index in [0.717, 1.165) is 38.2 Å². The third-order valence-corrected chi connectivity index (χ3v) is 4.97. The van der Waals surface area contributed by atoms with Crippen molar-refractivity contribution in [1.82, 2.24) is 4.90 Å². The lowest BCUT2D eigenvalue weighted by atomic mass is 9.91. The molecule has 2 atom stereocenters. The van der Waals surface area contributed by atoms with Crippen LogP contribution in [0.5, 0.6) is 0 Å². The molecule has 4 heteroatoms. The molecule has 2 aromatic carbocycles. The number of nitrogens with one attached hydrogen (secondary N) is 1. The number of nitrogens with zero attached hydrogens (tertiary/aromatic N) is 1. The van der Waals surface area contributed by atoms with Crippen molar-refractivity contribution in [3.63, 3.8) is 0 Å². The maximum atomic E-state index is 12.5. The number of carbonyl (C=O) groups is 1. The number of piperidine rings is 1. The topological polar surface area (TPSA) is 41.6 Å². The monoisotopic (exact) mass is 352 g/mol. The van der Waals surface area contributed by atoms with Gasteiger partial charge in [0.25, 0.3) is 0 Å². The second kappa shape index (κ2) is 9.39. The minimum Gasteiger partial charge on any atom is -0.466 e. The van der Waals surface area contributed by atoms with E-state index in [4.69, 9.17) is 4.74 Å². The van der Waals surface area contributed by atoms with Crippen molar-refractivity contribution in [3.05, 3.63) is 66.2 Å². The lowest BCUT2D eigenvalue weighted by Crippen LogP contribution is -2.50. The van der Waals surface area contributed by atoms with Gasteiger partial charge in [0.2, 0.25) is 0 Å². The van der Waals surface area contributed by atoms with Gasteiger partial charge >= 0.3 is 5.97 Å². The molecule has 1 saturated heterocycles. The normalized spacial score (nSPS) is 20.5. The average molecular weight is 352 g/mol. The van der Waals surface area contributed by atoms with E-state index in [1.807, 2.05) is 43.3 Å². The highest BCUT2D eigenvalue weighted by molar-refractivity contribution is 5.74. The second-order valence-corrected chi connectivity index (χ2v) is 6.80. The summed E-state index contributed by atoms with van der Waals surface area (Å²) in [6.07, 6.45) is 1.94. The number of carbonyl (C=O) groups excluding carboxylic acids is 1. The Bertz CT molecular complexity index is 675. The number of rotatable bonds is 7. The Morgan fingerprint density at radius 1 is 1.12 bits per heavy atom. The highest BCUT2D eigenvalue weighted by atomic mass is 16.5. The third kappa shape index (κ3) is 5.09. The zero-order chi connectivity index (χ0) is 18.2. The molecule has 2 aromatic rings. The lowest BCUT2D eigenvalue weighted by Gasteiger charge is -2.38. The predicted octanol–water partition coefficient (Wildman–Crippen LogP) is 3.59. The van der Waals surface area contributed by atoms with Crippen LogP contribution in [0.2, 0.25) is 0 Å². The highest BCUT2D eigenvalue weighted by Crippen LogP contribution is 2.23. The van der Waals surface area contributed by atoms with Crippen molar-refractivity contribution >= 4 is 11.7 Å². The summed E-state index contributed by atoms with van der Waals surface area (Å²) in [4.78, 5) is 14.9. The number of benzene rings is 2. The Kier molecular flexibility index (Phi) is 6.67. The van der Waals surface area contributed by atoms with Crippen molar-refractivity contribution in [2.75, 3.05) is 31.6 Å². The average Bonchev–Trinajstić information content (AvgIpc) is 2.69. The van der Waals surface area contributed by atoms with Gasteiger partial charge in [0, 0.05) is 31.4 Å². The molecule has 0 saturated carbocycles. The van der Waals surface area contributed by atoms with Crippen molar-refractivity contribution in [3.8, 4) is 0 Å². The number of likely N-dealkylation sites (tertiary alicyclic amines) is 1. The molecule has 0 aliphatic carbocycles. The van der Waals surface area contributed by atoms with E-state index in [0.29, 0.717) is 6.61 Å². The highest BCUT2D eigenvalue weighted by Gasteiger charge is 2.35. The maximum Gasteiger partial charge on any atom is 0.312 e. The van der Waals surface area contributed by atoms with Crippen LogP contribution < -0.4 is 5.32 Å². The second-order valence-electron chi connectivity index (χ2n) is 6.80. The van der Waals surface area contributed by atoms with Gasteiger partial charge in [-0.25, -0.2) is 0 Å². The fraction of sp³-hybridized carbons (Fsp3) is 0.409. The zero-order valence-electron chi connectivity index (χ0n) is 15.4. The quantitative estimate of drug-likeness (QED) is 0.773. The van der Waals surface area contributed by atoms with Crippen LogP contribution in [0.4, 0.5) is 5.69 Å². The summed E-state index contributed by atoms with van der Waals surface area (Å²) in [5.74, 6) is -0.231. The number of ether oxygens (including phenoxy) is 1. The van der Waals surface area contributed by atoms with E-state index in [1.165, 1.54) is 5.56 Å². The van der Waals surface area contributed by atoms with E-state index in [-0.39, 0.29) is 17.9 Å². The Hall–Kier alpha value is -2.33. The van der Waals surface area contributed by atoms with E-state index < -0.39 is 0 Å². The summed E-state index contributed by atoms with van der Waals surface area (Å²) in [6, 6.07) is 20.7. The molecular weight excluding hydrogens is 324 g/mol. The number of esters is 1. The van der Waals surface area contributed by atoms with Crippen molar-refractivity contribution in [1.29, 1.82) is 0 Å². The third-order valence-electron chi connectivity index (χ3n) is 4.97. The predicted molar refractivity (Wildman–Crippen MR) is 105 cm³/mol. The molecule has 0 bridgehead atoms. The van der Waals surface area contributed by atoms with Crippen LogP contribution in [-0.2, 0) is 16.0 Å². The lowest BCUT2D eigenvalue weighted by molar-refractivity contribution is -0.150. The molecule has 0 spiro atoms. The first-order valence-corrected chi connectivity index (χ1v) is 9.50. The molecule has 1 aliphatic rings. The summed E-state index contributed by atoms with van der Waals surface area (Å²) in [5, 5.41) is 3.54. The van der Waals surface area contributed by atoms with Gasteiger partial charge in [-0.15, -0.1) is 0 Å². The van der Waals surface area contributed by atoms with Crippen molar-refractivity contribution in [2.24, 2.45) is 5.92 Å². The minimum atomic E-state index is -0.139. The Labute approximate surface area is 156 Å². The summed E-state index contributed by atoms with van der Waals surface area (Å²) in [5.41, 5.74) is 2.40. The number of anilines is 1. The van der Waals surface area contributed by atoms with Gasteiger partial charge < -0.3 is 15.0 Å². The van der Waals surface area contributed by atoms with Crippen LogP contribution in [0.3, 0.4) is 0 Å². The van der Waals surface area contributed by atoms with Crippen LogP contribution in [0.1, 0.15) is 18.9 Å². The summed E-state index contributed by atoms with van der Waals surface area (Å²) in [6.45, 7) is 5.01. The minimum absolute atomic E-state index is 0.0923. The molecule has 1 aliphatic heterocycles. The molecule has 1 heterocycles. The molecule has 1 N–H and O–H groups in total. The van der Waals surface area contributed by atoms with Gasteiger partial charge in [-0.3, -0.25) is 4.79 Å². The summed E-state index contributed by atoms with van der Waals surface area (Å²) < 4.78 is 5.35.